The maximum absolute atomic E-state index is 12.0. The molecule has 1 aromatic carbocycles. The minimum atomic E-state index is -0.0423. The number of nitrogens with one attached hydrogen (secondary N) is 1. The van der Waals surface area contributed by atoms with Gasteiger partial charge >= 0.3 is 0 Å². The number of rotatable bonds is 8. The summed E-state index contributed by atoms with van der Waals surface area (Å²) in [4.78, 5) is 23.8. The lowest BCUT2D eigenvalue weighted by Gasteiger charge is -2.14. The minimum absolute atomic E-state index is 0.000214. The van der Waals surface area contributed by atoms with Crippen molar-refractivity contribution < 1.29 is 9.59 Å². The quantitative estimate of drug-likeness (QED) is 0.730. The van der Waals surface area contributed by atoms with Crippen LogP contribution in [0.2, 0.25) is 0 Å². The Morgan fingerprint density at radius 2 is 1.84 bits per heavy atom. The second-order valence-corrected chi connectivity index (χ2v) is 4.75. The van der Waals surface area contributed by atoms with E-state index in [-0.39, 0.29) is 24.2 Å². The van der Waals surface area contributed by atoms with Crippen molar-refractivity contribution in [2.45, 2.75) is 39.5 Å². The van der Waals surface area contributed by atoms with Crippen molar-refractivity contribution in [1.29, 1.82) is 0 Å². The van der Waals surface area contributed by atoms with Gasteiger partial charge in [0.15, 0.2) is 5.78 Å². The van der Waals surface area contributed by atoms with E-state index in [1.807, 2.05) is 25.1 Å². The highest BCUT2D eigenvalue weighted by Crippen LogP contribution is 2.12. The Hall–Kier alpha value is -1.64. The van der Waals surface area contributed by atoms with E-state index in [9.17, 15) is 9.59 Å². The first kappa shape index (κ1) is 15.4. The van der Waals surface area contributed by atoms with Crippen molar-refractivity contribution in [2.75, 3.05) is 6.54 Å². The molecule has 3 heteroatoms. The third-order valence-electron chi connectivity index (χ3n) is 3.29. The molecule has 19 heavy (non-hydrogen) atoms. The van der Waals surface area contributed by atoms with E-state index in [0.717, 1.165) is 25.7 Å². The van der Waals surface area contributed by atoms with E-state index in [1.54, 1.807) is 12.1 Å². The van der Waals surface area contributed by atoms with Crippen LogP contribution in [-0.4, -0.2) is 18.2 Å². The lowest BCUT2D eigenvalue weighted by molar-refractivity contribution is -0.125. The summed E-state index contributed by atoms with van der Waals surface area (Å²) in [5, 5.41) is 2.75. The van der Waals surface area contributed by atoms with Gasteiger partial charge < -0.3 is 5.32 Å². The lowest BCUT2D eigenvalue weighted by atomic mass is 9.98. The SMILES string of the molecule is CCCCC(CC)C(=O)NCC(=O)c1ccccc1. The van der Waals surface area contributed by atoms with E-state index in [1.165, 1.54) is 0 Å². The van der Waals surface area contributed by atoms with E-state index < -0.39 is 0 Å². The summed E-state index contributed by atoms with van der Waals surface area (Å²) in [6, 6.07) is 9.05. The van der Waals surface area contributed by atoms with Gasteiger partial charge in [0, 0.05) is 11.5 Å². The highest BCUT2D eigenvalue weighted by atomic mass is 16.2. The van der Waals surface area contributed by atoms with Crippen LogP contribution in [-0.2, 0) is 4.79 Å². The van der Waals surface area contributed by atoms with Crippen molar-refractivity contribution in [3.05, 3.63) is 35.9 Å². The van der Waals surface area contributed by atoms with E-state index in [0.29, 0.717) is 5.56 Å². The monoisotopic (exact) mass is 261 g/mol. The Bertz CT molecular complexity index is 400. The van der Waals surface area contributed by atoms with Crippen molar-refractivity contribution in [3.63, 3.8) is 0 Å². The summed E-state index contributed by atoms with van der Waals surface area (Å²) in [6.07, 6.45) is 3.87. The second-order valence-electron chi connectivity index (χ2n) is 4.75. The van der Waals surface area contributed by atoms with Crippen molar-refractivity contribution in [2.24, 2.45) is 5.92 Å². The molecule has 0 heterocycles. The smallest absolute Gasteiger partial charge is 0.223 e. The zero-order chi connectivity index (χ0) is 14.1. The van der Waals surface area contributed by atoms with Crippen LogP contribution in [0, 0.1) is 5.92 Å². The fourth-order valence-corrected chi connectivity index (χ4v) is 2.01. The predicted molar refractivity (Wildman–Crippen MR) is 77.1 cm³/mol. The first-order chi connectivity index (χ1) is 9.19. The fourth-order valence-electron chi connectivity index (χ4n) is 2.01. The van der Waals surface area contributed by atoms with Gasteiger partial charge in [0.2, 0.25) is 5.91 Å². The van der Waals surface area contributed by atoms with Crippen LogP contribution in [0.5, 0.6) is 0 Å². The first-order valence-corrected chi connectivity index (χ1v) is 7.05. The van der Waals surface area contributed by atoms with Crippen LogP contribution < -0.4 is 5.32 Å². The van der Waals surface area contributed by atoms with Crippen LogP contribution >= 0.6 is 0 Å². The maximum atomic E-state index is 12.0. The lowest BCUT2D eigenvalue weighted by Crippen LogP contribution is -2.34. The van der Waals surface area contributed by atoms with Gasteiger partial charge in [0.05, 0.1) is 6.54 Å². The number of carbonyl (C=O) groups is 2. The van der Waals surface area contributed by atoms with Gasteiger partial charge in [-0.2, -0.15) is 0 Å². The average molecular weight is 261 g/mol. The van der Waals surface area contributed by atoms with Crippen LogP contribution in [0.4, 0.5) is 0 Å². The standard InChI is InChI=1S/C16H23NO2/c1-3-5-9-13(4-2)16(19)17-12-15(18)14-10-7-6-8-11-14/h6-8,10-11,13H,3-5,9,12H2,1-2H3,(H,17,19). The molecule has 0 saturated heterocycles. The molecule has 0 aliphatic rings. The maximum Gasteiger partial charge on any atom is 0.223 e. The molecule has 0 bridgehead atoms. The Morgan fingerprint density at radius 1 is 1.16 bits per heavy atom. The second kappa shape index (κ2) is 8.46. The predicted octanol–water partition coefficient (Wildman–Crippen LogP) is 3.20. The third kappa shape index (κ3) is 5.25. The Morgan fingerprint density at radius 3 is 2.42 bits per heavy atom. The van der Waals surface area contributed by atoms with E-state index in [4.69, 9.17) is 0 Å². The largest absolute Gasteiger partial charge is 0.348 e. The highest BCUT2D eigenvalue weighted by molar-refractivity contribution is 5.99. The molecule has 1 unspecified atom stereocenters. The zero-order valence-electron chi connectivity index (χ0n) is 11.8. The molecule has 0 fully saturated rings. The van der Waals surface area contributed by atoms with Gasteiger partial charge in [0.1, 0.15) is 0 Å². The average Bonchev–Trinajstić information content (AvgIpc) is 2.46. The Balaban J connectivity index is 2.43. The molecule has 0 aliphatic carbocycles. The Kier molecular flexibility index (Phi) is 6.86. The van der Waals surface area contributed by atoms with Crippen molar-refractivity contribution in [3.8, 4) is 0 Å². The number of hydrogen-bond acceptors (Lipinski definition) is 2. The molecule has 0 spiro atoms. The number of amides is 1. The molecular formula is C16H23NO2. The summed E-state index contributed by atoms with van der Waals surface area (Å²) < 4.78 is 0. The van der Waals surface area contributed by atoms with Gasteiger partial charge in [-0.3, -0.25) is 9.59 Å². The molecule has 0 aromatic heterocycles. The molecule has 1 atom stereocenters. The number of Topliss-reactive ketones (excluding diaryl/α,β-unsaturated/α-hetero) is 1. The van der Waals surface area contributed by atoms with Gasteiger partial charge in [-0.15, -0.1) is 0 Å². The summed E-state index contributed by atoms with van der Waals surface area (Å²) in [5.74, 6) is -0.0111. The summed E-state index contributed by atoms with van der Waals surface area (Å²) in [5.41, 5.74) is 0.643. The number of carbonyl (C=O) groups excluding carboxylic acids is 2. The summed E-state index contributed by atoms with van der Waals surface area (Å²) in [6.45, 7) is 4.22. The van der Waals surface area contributed by atoms with Crippen LogP contribution in [0.3, 0.4) is 0 Å². The van der Waals surface area contributed by atoms with Crippen LogP contribution in [0.1, 0.15) is 49.9 Å². The molecule has 1 rings (SSSR count). The fraction of sp³-hybridized carbons (Fsp3) is 0.500. The van der Waals surface area contributed by atoms with Crippen LogP contribution in [0.25, 0.3) is 0 Å². The topological polar surface area (TPSA) is 46.2 Å². The molecular weight excluding hydrogens is 238 g/mol. The van der Waals surface area contributed by atoms with E-state index in [2.05, 4.69) is 12.2 Å². The molecule has 104 valence electrons. The van der Waals surface area contributed by atoms with Crippen molar-refractivity contribution in [1.82, 2.24) is 5.32 Å². The summed E-state index contributed by atoms with van der Waals surface area (Å²) >= 11 is 0. The van der Waals surface area contributed by atoms with Crippen LogP contribution in [0.15, 0.2) is 30.3 Å². The molecule has 1 N–H and O–H groups in total. The molecule has 0 saturated carbocycles. The number of benzene rings is 1. The third-order valence-corrected chi connectivity index (χ3v) is 3.29. The van der Waals surface area contributed by atoms with Gasteiger partial charge in [-0.05, 0) is 12.8 Å². The van der Waals surface area contributed by atoms with Crippen molar-refractivity contribution >= 4 is 11.7 Å². The van der Waals surface area contributed by atoms with Gasteiger partial charge in [-0.1, -0.05) is 57.0 Å². The van der Waals surface area contributed by atoms with E-state index >= 15 is 0 Å². The Labute approximate surface area is 115 Å². The zero-order valence-corrected chi connectivity index (χ0v) is 11.8. The molecule has 0 aliphatic heterocycles. The number of ketones is 1. The summed E-state index contributed by atoms with van der Waals surface area (Å²) in [7, 11) is 0. The molecule has 1 aromatic rings. The highest BCUT2D eigenvalue weighted by Gasteiger charge is 2.16. The van der Waals surface area contributed by atoms with Gasteiger partial charge in [0.25, 0.3) is 0 Å². The minimum Gasteiger partial charge on any atom is -0.348 e. The van der Waals surface area contributed by atoms with Gasteiger partial charge in [-0.25, -0.2) is 0 Å². The first-order valence-electron chi connectivity index (χ1n) is 7.05. The molecule has 3 nitrogen and oxygen atoms in total. The molecule has 0 radical (unpaired) electrons. The number of unbranched alkanes of at least 4 members (excludes halogenated alkanes) is 1. The number of hydrogen-bond donors (Lipinski definition) is 1. The molecule has 1 amide bonds. The normalized spacial score (nSPS) is 11.9.